The third kappa shape index (κ3) is 4.64. The zero-order valence-electron chi connectivity index (χ0n) is 14.0. The quantitative estimate of drug-likeness (QED) is 0.591. The fraction of sp³-hybridized carbons (Fsp3) is 0.300. The summed E-state index contributed by atoms with van der Waals surface area (Å²) in [6, 6.07) is 20.5. The zero-order valence-corrected chi connectivity index (χ0v) is 15.0. The molecule has 2 aromatic carbocycles. The van der Waals surface area contributed by atoms with E-state index in [4.69, 9.17) is 4.74 Å². The van der Waals surface area contributed by atoms with Gasteiger partial charge in [-0.3, -0.25) is 0 Å². The maximum atomic E-state index is 10.6. The molecule has 1 N–H and O–H groups in total. The first kappa shape index (κ1) is 17.7. The van der Waals surface area contributed by atoms with Crippen LogP contribution in [0.5, 0.6) is 0 Å². The molecule has 0 aliphatic rings. The first-order valence-electron chi connectivity index (χ1n) is 8.03. The van der Waals surface area contributed by atoms with E-state index >= 15 is 0 Å². The SMILES string of the molecule is C=C[C@H]([C@@H](O)COCc1ccccc1)[Si](C)(C)c1ccccc1. The van der Waals surface area contributed by atoms with E-state index in [-0.39, 0.29) is 5.54 Å². The van der Waals surface area contributed by atoms with Crippen LogP contribution in [-0.2, 0) is 11.3 Å². The summed E-state index contributed by atoms with van der Waals surface area (Å²) in [5.41, 5.74) is 1.18. The van der Waals surface area contributed by atoms with Gasteiger partial charge >= 0.3 is 0 Å². The Kier molecular flexibility index (Phi) is 6.34. The van der Waals surface area contributed by atoms with Crippen molar-refractivity contribution in [1.82, 2.24) is 0 Å². The molecular formula is C20H26O2Si. The van der Waals surface area contributed by atoms with Crippen LogP contribution in [0.2, 0.25) is 18.6 Å². The van der Waals surface area contributed by atoms with Crippen LogP contribution in [0, 0.1) is 0 Å². The maximum Gasteiger partial charge on any atom is 0.0902 e. The third-order valence-electron chi connectivity index (χ3n) is 4.42. The van der Waals surface area contributed by atoms with Crippen LogP contribution in [0.3, 0.4) is 0 Å². The van der Waals surface area contributed by atoms with Crippen LogP contribution in [-0.4, -0.2) is 25.9 Å². The number of rotatable bonds is 8. The highest BCUT2D eigenvalue weighted by Gasteiger charge is 2.36. The molecular weight excluding hydrogens is 300 g/mol. The topological polar surface area (TPSA) is 29.5 Å². The predicted molar refractivity (Wildman–Crippen MR) is 99.6 cm³/mol. The lowest BCUT2D eigenvalue weighted by atomic mass is 10.2. The van der Waals surface area contributed by atoms with Crippen LogP contribution < -0.4 is 5.19 Å². The van der Waals surface area contributed by atoms with E-state index < -0.39 is 14.2 Å². The van der Waals surface area contributed by atoms with Gasteiger partial charge in [0.15, 0.2) is 0 Å². The summed E-state index contributed by atoms with van der Waals surface area (Å²) >= 11 is 0. The Morgan fingerprint density at radius 3 is 2.17 bits per heavy atom. The van der Waals surface area contributed by atoms with Crippen molar-refractivity contribution in [1.29, 1.82) is 0 Å². The number of aliphatic hydroxyl groups is 1. The van der Waals surface area contributed by atoms with Gasteiger partial charge in [-0.05, 0) is 5.56 Å². The molecule has 23 heavy (non-hydrogen) atoms. The van der Waals surface area contributed by atoms with Crippen LogP contribution in [0.1, 0.15) is 5.56 Å². The van der Waals surface area contributed by atoms with Crippen molar-refractivity contribution in [2.75, 3.05) is 6.61 Å². The first-order valence-corrected chi connectivity index (χ1v) is 11.1. The van der Waals surface area contributed by atoms with E-state index in [1.807, 2.05) is 42.5 Å². The monoisotopic (exact) mass is 326 g/mol. The van der Waals surface area contributed by atoms with E-state index in [9.17, 15) is 5.11 Å². The van der Waals surface area contributed by atoms with E-state index in [0.717, 1.165) is 5.56 Å². The molecule has 0 bridgehead atoms. The Balaban J connectivity index is 1.98. The first-order chi connectivity index (χ1) is 11.1. The molecule has 0 saturated heterocycles. The lowest BCUT2D eigenvalue weighted by molar-refractivity contribution is 0.0295. The number of ether oxygens (including phenoxy) is 1. The minimum Gasteiger partial charge on any atom is -0.390 e. The second kappa shape index (κ2) is 8.25. The summed E-state index contributed by atoms with van der Waals surface area (Å²) in [4.78, 5) is 0. The average molecular weight is 327 g/mol. The van der Waals surface area contributed by atoms with Gasteiger partial charge in [0.05, 0.1) is 27.4 Å². The van der Waals surface area contributed by atoms with Gasteiger partial charge < -0.3 is 9.84 Å². The van der Waals surface area contributed by atoms with Crippen molar-refractivity contribution in [3.05, 3.63) is 78.9 Å². The van der Waals surface area contributed by atoms with E-state index in [1.165, 1.54) is 5.19 Å². The van der Waals surface area contributed by atoms with Crippen LogP contribution in [0.4, 0.5) is 0 Å². The minimum atomic E-state index is -1.85. The van der Waals surface area contributed by atoms with Crippen LogP contribution in [0.15, 0.2) is 73.3 Å². The molecule has 2 rings (SSSR count). The molecule has 2 aromatic rings. The number of hydrogen-bond donors (Lipinski definition) is 1. The van der Waals surface area contributed by atoms with Crippen molar-refractivity contribution >= 4 is 13.3 Å². The Morgan fingerprint density at radius 2 is 1.61 bits per heavy atom. The van der Waals surface area contributed by atoms with Gasteiger partial charge in [-0.25, -0.2) is 0 Å². The lowest BCUT2D eigenvalue weighted by Crippen LogP contribution is -2.50. The highest BCUT2D eigenvalue weighted by atomic mass is 28.3. The summed E-state index contributed by atoms with van der Waals surface area (Å²) in [7, 11) is -1.85. The maximum absolute atomic E-state index is 10.6. The average Bonchev–Trinajstić information content (AvgIpc) is 2.57. The summed E-state index contributed by atoms with van der Waals surface area (Å²) in [5, 5.41) is 11.9. The normalized spacial score (nSPS) is 14.2. The second-order valence-electron chi connectivity index (χ2n) is 6.42. The Morgan fingerprint density at radius 1 is 1.04 bits per heavy atom. The standard InChI is InChI=1S/C20H26O2Si/c1-4-20(23(2,3)18-13-9-6-10-14-18)19(21)16-22-15-17-11-7-5-8-12-17/h4-14,19-21H,1,15-16H2,2-3H3/t19-,20+/m0/s1. The van der Waals surface area contributed by atoms with Gasteiger partial charge in [-0.1, -0.05) is 85.0 Å². The van der Waals surface area contributed by atoms with Crippen molar-refractivity contribution in [2.45, 2.75) is 31.3 Å². The Labute approximate surface area is 140 Å². The highest BCUT2D eigenvalue weighted by Crippen LogP contribution is 2.27. The van der Waals surface area contributed by atoms with Gasteiger partial charge in [-0.2, -0.15) is 0 Å². The number of aliphatic hydroxyl groups excluding tert-OH is 1. The minimum absolute atomic E-state index is 0.0562. The Hall–Kier alpha value is -1.68. The van der Waals surface area contributed by atoms with E-state index in [1.54, 1.807) is 0 Å². The molecule has 2 atom stereocenters. The fourth-order valence-electron chi connectivity index (χ4n) is 2.97. The van der Waals surface area contributed by atoms with Gasteiger partial charge in [0, 0.05) is 5.54 Å². The van der Waals surface area contributed by atoms with Crippen LogP contribution >= 0.6 is 0 Å². The second-order valence-corrected chi connectivity index (χ2v) is 11.1. The molecule has 0 radical (unpaired) electrons. The van der Waals surface area contributed by atoms with Crippen molar-refractivity contribution in [3.63, 3.8) is 0 Å². The van der Waals surface area contributed by atoms with Gasteiger partial charge in [0.25, 0.3) is 0 Å². The summed E-state index contributed by atoms with van der Waals surface area (Å²) in [5.74, 6) is 0. The zero-order chi connectivity index (χ0) is 16.7. The smallest absolute Gasteiger partial charge is 0.0902 e. The molecule has 0 amide bonds. The predicted octanol–water partition coefficient (Wildman–Crippen LogP) is 3.74. The fourth-order valence-corrected chi connectivity index (χ4v) is 6.05. The molecule has 0 fully saturated rings. The number of benzene rings is 2. The summed E-state index contributed by atoms with van der Waals surface area (Å²) in [6.45, 7) is 9.36. The lowest BCUT2D eigenvalue weighted by Gasteiger charge is -2.34. The number of hydrogen-bond acceptors (Lipinski definition) is 2. The Bertz CT molecular complexity index is 596. The largest absolute Gasteiger partial charge is 0.390 e. The van der Waals surface area contributed by atoms with Gasteiger partial charge in [0.2, 0.25) is 0 Å². The molecule has 0 aromatic heterocycles. The van der Waals surface area contributed by atoms with Crippen LogP contribution in [0.25, 0.3) is 0 Å². The molecule has 2 nitrogen and oxygen atoms in total. The van der Waals surface area contributed by atoms with Crippen molar-refractivity contribution < 1.29 is 9.84 Å². The summed E-state index contributed by atoms with van der Waals surface area (Å²) in [6.07, 6.45) is 1.37. The molecule has 3 heteroatoms. The molecule has 0 aliphatic carbocycles. The molecule has 122 valence electrons. The molecule has 0 heterocycles. The van der Waals surface area contributed by atoms with Crippen molar-refractivity contribution in [2.24, 2.45) is 0 Å². The molecule has 0 saturated carbocycles. The molecule has 0 spiro atoms. The molecule has 0 unspecified atom stereocenters. The van der Waals surface area contributed by atoms with E-state index in [2.05, 4.69) is 43.9 Å². The third-order valence-corrected chi connectivity index (χ3v) is 8.53. The van der Waals surface area contributed by atoms with E-state index in [0.29, 0.717) is 13.2 Å². The van der Waals surface area contributed by atoms with Gasteiger partial charge in [-0.15, -0.1) is 6.58 Å². The molecule has 0 aliphatic heterocycles. The van der Waals surface area contributed by atoms with Gasteiger partial charge in [0.1, 0.15) is 0 Å². The highest BCUT2D eigenvalue weighted by molar-refractivity contribution is 6.91. The van der Waals surface area contributed by atoms with Crippen molar-refractivity contribution in [3.8, 4) is 0 Å². The summed E-state index contributed by atoms with van der Waals surface area (Å²) < 4.78 is 5.72.